The molecular formula is C29H31Cl2FN2O2S. The Kier molecular flexibility index (Phi) is 11.3. The third-order valence-corrected chi connectivity index (χ3v) is 7.31. The lowest BCUT2D eigenvalue weighted by Gasteiger charge is -2.32. The number of amides is 2. The molecule has 0 aliphatic heterocycles. The molecule has 0 heterocycles. The van der Waals surface area contributed by atoms with Crippen molar-refractivity contribution in [2.75, 3.05) is 12.3 Å². The Morgan fingerprint density at radius 3 is 2.35 bits per heavy atom. The van der Waals surface area contributed by atoms with Crippen LogP contribution in [0.15, 0.2) is 72.8 Å². The molecule has 1 unspecified atom stereocenters. The molecule has 37 heavy (non-hydrogen) atoms. The topological polar surface area (TPSA) is 49.4 Å². The van der Waals surface area contributed by atoms with Crippen LogP contribution >= 0.6 is 35.0 Å². The van der Waals surface area contributed by atoms with Gasteiger partial charge in [-0.05, 0) is 40.8 Å². The van der Waals surface area contributed by atoms with E-state index in [1.54, 1.807) is 41.3 Å². The van der Waals surface area contributed by atoms with Crippen LogP contribution in [0.3, 0.4) is 0 Å². The summed E-state index contributed by atoms with van der Waals surface area (Å²) < 4.78 is 14.1. The molecule has 3 rings (SSSR count). The Morgan fingerprint density at radius 1 is 0.973 bits per heavy atom. The molecule has 0 spiro atoms. The summed E-state index contributed by atoms with van der Waals surface area (Å²) in [5, 5.41) is 3.90. The summed E-state index contributed by atoms with van der Waals surface area (Å²) in [7, 11) is 0. The first kappa shape index (κ1) is 29.0. The van der Waals surface area contributed by atoms with Crippen LogP contribution in [0.1, 0.15) is 30.5 Å². The van der Waals surface area contributed by atoms with Crippen LogP contribution in [-0.2, 0) is 28.3 Å². The number of thioether (sulfide) groups is 1. The molecule has 0 aromatic heterocycles. The van der Waals surface area contributed by atoms with Gasteiger partial charge in [0.25, 0.3) is 0 Å². The van der Waals surface area contributed by atoms with E-state index in [9.17, 15) is 14.0 Å². The zero-order valence-electron chi connectivity index (χ0n) is 20.9. The van der Waals surface area contributed by atoms with Gasteiger partial charge in [0, 0.05) is 35.3 Å². The van der Waals surface area contributed by atoms with E-state index in [1.165, 1.54) is 17.8 Å². The molecule has 3 aromatic rings. The first-order valence-electron chi connectivity index (χ1n) is 12.1. The Labute approximate surface area is 232 Å². The molecule has 196 valence electrons. The predicted octanol–water partition coefficient (Wildman–Crippen LogP) is 6.78. The molecule has 0 bridgehead atoms. The van der Waals surface area contributed by atoms with Gasteiger partial charge in [-0.1, -0.05) is 91.6 Å². The minimum atomic E-state index is -0.755. The number of nitrogens with one attached hydrogen (secondary N) is 1. The Bertz CT molecular complexity index is 1190. The molecule has 0 fully saturated rings. The number of halogens is 3. The van der Waals surface area contributed by atoms with Gasteiger partial charge in [0.15, 0.2) is 0 Å². The van der Waals surface area contributed by atoms with Crippen molar-refractivity contribution in [1.82, 2.24) is 10.2 Å². The molecule has 8 heteroatoms. The van der Waals surface area contributed by atoms with Gasteiger partial charge in [0.1, 0.15) is 11.9 Å². The number of nitrogens with zero attached hydrogens (tertiary/aromatic N) is 1. The minimum Gasteiger partial charge on any atom is -0.354 e. The Balaban J connectivity index is 1.88. The molecule has 0 aliphatic rings. The molecule has 0 aliphatic carbocycles. The summed E-state index contributed by atoms with van der Waals surface area (Å²) in [6.07, 6.45) is 0.347. The van der Waals surface area contributed by atoms with E-state index in [1.807, 2.05) is 44.2 Å². The van der Waals surface area contributed by atoms with E-state index in [4.69, 9.17) is 23.2 Å². The van der Waals surface area contributed by atoms with Crippen molar-refractivity contribution in [3.63, 3.8) is 0 Å². The molecule has 1 atom stereocenters. The van der Waals surface area contributed by atoms with Crippen molar-refractivity contribution < 1.29 is 14.0 Å². The second-order valence-electron chi connectivity index (χ2n) is 9.19. The Morgan fingerprint density at radius 2 is 1.68 bits per heavy atom. The van der Waals surface area contributed by atoms with Gasteiger partial charge in [0.05, 0.1) is 5.75 Å². The normalized spacial score (nSPS) is 11.8. The number of carbonyl (C=O) groups excluding carboxylic acids is 2. The lowest BCUT2D eigenvalue weighted by molar-refractivity contribution is -0.139. The van der Waals surface area contributed by atoms with Gasteiger partial charge in [-0.2, -0.15) is 0 Å². The molecule has 0 saturated carbocycles. The molecule has 3 aromatic carbocycles. The maximum atomic E-state index is 14.1. The lowest BCUT2D eigenvalue weighted by atomic mass is 10.0. The molecular weight excluding hydrogens is 530 g/mol. The highest BCUT2D eigenvalue weighted by atomic mass is 35.5. The molecule has 2 amide bonds. The van der Waals surface area contributed by atoms with Crippen LogP contribution in [0, 0.1) is 11.7 Å². The summed E-state index contributed by atoms with van der Waals surface area (Å²) in [6, 6.07) is 20.5. The fourth-order valence-corrected chi connectivity index (χ4v) is 5.12. The SMILES string of the molecule is CC(C)CNC(=O)C(Cc1ccccc1)N(Cc1ccc(Cl)cc1Cl)C(=O)CSCc1ccccc1F. The van der Waals surface area contributed by atoms with E-state index in [0.29, 0.717) is 39.9 Å². The third-order valence-electron chi connectivity index (χ3n) is 5.75. The zero-order chi connectivity index (χ0) is 26.8. The maximum absolute atomic E-state index is 14.1. The second-order valence-corrected chi connectivity index (χ2v) is 11.0. The van der Waals surface area contributed by atoms with Crippen molar-refractivity contribution in [2.45, 2.75) is 38.6 Å². The zero-order valence-corrected chi connectivity index (χ0v) is 23.3. The Hall–Kier alpha value is -2.54. The number of rotatable bonds is 12. The highest BCUT2D eigenvalue weighted by molar-refractivity contribution is 7.99. The molecule has 1 N–H and O–H groups in total. The van der Waals surface area contributed by atoms with Gasteiger partial charge in [-0.15, -0.1) is 11.8 Å². The summed E-state index contributed by atoms with van der Waals surface area (Å²) >= 11 is 13.9. The summed E-state index contributed by atoms with van der Waals surface area (Å²) in [4.78, 5) is 28.7. The van der Waals surface area contributed by atoms with Crippen molar-refractivity contribution in [3.8, 4) is 0 Å². The molecule has 0 radical (unpaired) electrons. The lowest BCUT2D eigenvalue weighted by Crippen LogP contribution is -2.51. The largest absolute Gasteiger partial charge is 0.354 e. The standard InChI is InChI=1S/C29H31Cl2FN2O2S/c1-20(2)16-33-29(36)27(14-21-8-4-3-5-9-21)34(17-22-12-13-24(30)15-25(22)31)28(35)19-37-18-23-10-6-7-11-26(23)32/h3-13,15,20,27H,14,16-19H2,1-2H3,(H,33,36). The van der Waals surface area contributed by atoms with Crippen molar-refractivity contribution in [3.05, 3.63) is 105 Å². The first-order valence-corrected chi connectivity index (χ1v) is 14.0. The van der Waals surface area contributed by atoms with Crippen molar-refractivity contribution in [2.24, 2.45) is 5.92 Å². The van der Waals surface area contributed by atoms with Crippen LogP contribution in [0.5, 0.6) is 0 Å². The van der Waals surface area contributed by atoms with E-state index in [-0.39, 0.29) is 35.8 Å². The quantitative estimate of drug-likeness (QED) is 0.265. The van der Waals surface area contributed by atoms with Crippen LogP contribution in [0.25, 0.3) is 0 Å². The smallest absolute Gasteiger partial charge is 0.243 e. The summed E-state index contributed by atoms with van der Waals surface area (Å²) in [5.41, 5.74) is 2.16. The molecule has 4 nitrogen and oxygen atoms in total. The fraction of sp³-hybridized carbons (Fsp3) is 0.310. The van der Waals surface area contributed by atoms with Crippen molar-refractivity contribution in [1.29, 1.82) is 0 Å². The van der Waals surface area contributed by atoms with Crippen LogP contribution in [0.4, 0.5) is 4.39 Å². The first-order chi connectivity index (χ1) is 17.7. The van der Waals surface area contributed by atoms with E-state index >= 15 is 0 Å². The number of hydrogen-bond acceptors (Lipinski definition) is 3. The summed E-state index contributed by atoms with van der Waals surface area (Å²) in [5.74, 6) is -0.0723. The number of carbonyl (C=O) groups is 2. The van der Waals surface area contributed by atoms with E-state index in [2.05, 4.69) is 5.32 Å². The maximum Gasteiger partial charge on any atom is 0.243 e. The van der Waals surface area contributed by atoms with Crippen LogP contribution < -0.4 is 5.32 Å². The predicted molar refractivity (Wildman–Crippen MR) is 151 cm³/mol. The van der Waals surface area contributed by atoms with E-state index < -0.39 is 6.04 Å². The van der Waals surface area contributed by atoms with Gasteiger partial charge in [-0.3, -0.25) is 9.59 Å². The monoisotopic (exact) mass is 560 g/mol. The highest BCUT2D eigenvalue weighted by Crippen LogP contribution is 2.25. The minimum absolute atomic E-state index is 0.0856. The number of hydrogen-bond donors (Lipinski definition) is 1. The average Bonchev–Trinajstić information content (AvgIpc) is 2.87. The highest BCUT2D eigenvalue weighted by Gasteiger charge is 2.30. The van der Waals surface area contributed by atoms with Gasteiger partial charge >= 0.3 is 0 Å². The third kappa shape index (κ3) is 9.06. The van der Waals surface area contributed by atoms with Gasteiger partial charge < -0.3 is 10.2 Å². The summed E-state index contributed by atoms with van der Waals surface area (Å²) in [6.45, 7) is 4.67. The average molecular weight is 562 g/mol. The van der Waals surface area contributed by atoms with Crippen LogP contribution in [0.2, 0.25) is 10.0 Å². The second kappa shape index (κ2) is 14.4. The van der Waals surface area contributed by atoms with Gasteiger partial charge in [-0.25, -0.2) is 4.39 Å². The van der Waals surface area contributed by atoms with Gasteiger partial charge in [0.2, 0.25) is 11.8 Å². The number of benzene rings is 3. The fourth-order valence-electron chi connectivity index (χ4n) is 3.76. The van der Waals surface area contributed by atoms with E-state index in [0.717, 1.165) is 5.56 Å². The van der Waals surface area contributed by atoms with Crippen LogP contribution in [-0.4, -0.2) is 35.1 Å². The van der Waals surface area contributed by atoms with Crippen molar-refractivity contribution >= 4 is 46.8 Å². The molecule has 0 saturated heterocycles.